The van der Waals surface area contributed by atoms with Gasteiger partial charge in [0.15, 0.2) is 11.5 Å². The molecule has 0 spiro atoms. The first-order valence-corrected chi connectivity index (χ1v) is 15.0. The van der Waals surface area contributed by atoms with Crippen molar-refractivity contribution >= 4 is 46.5 Å². The number of hydrogen-bond donors (Lipinski definition) is 2. The summed E-state index contributed by atoms with van der Waals surface area (Å²) in [7, 11) is 3.87. The normalized spacial score (nSPS) is 11.3. The number of esters is 1. The van der Waals surface area contributed by atoms with Gasteiger partial charge in [0.25, 0.3) is 11.8 Å². The van der Waals surface area contributed by atoms with Crippen LogP contribution >= 0.6 is 0 Å². The zero-order valence-electron chi connectivity index (χ0n) is 26.3. The Hall–Kier alpha value is -6.22. The molecule has 5 aromatic carbocycles. The SMILES string of the molecule is CCOc1cc(/C=N\NC(=O)/C(=C/c2ccc(N(C)C)cc2)NC(=O)c2ccccc2)ccc1OC(=O)c1cccc2ccccc12. The zero-order valence-corrected chi connectivity index (χ0v) is 26.3. The topological polar surface area (TPSA) is 109 Å². The minimum Gasteiger partial charge on any atom is -0.490 e. The van der Waals surface area contributed by atoms with Crippen LogP contribution in [0.15, 0.2) is 126 Å². The van der Waals surface area contributed by atoms with E-state index < -0.39 is 17.8 Å². The van der Waals surface area contributed by atoms with Crippen LogP contribution in [0.1, 0.15) is 38.8 Å². The average Bonchev–Trinajstić information content (AvgIpc) is 3.09. The van der Waals surface area contributed by atoms with Gasteiger partial charge in [-0.15, -0.1) is 0 Å². The fraction of sp³-hybridized carbons (Fsp3) is 0.105. The number of nitrogens with zero attached hydrogens (tertiary/aromatic N) is 2. The molecule has 0 aliphatic heterocycles. The number of amides is 2. The van der Waals surface area contributed by atoms with Gasteiger partial charge in [0.05, 0.1) is 18.4 Å². The van der Waals surface area contributed by atoms with Crippen molar-refractivity contribution in [2.24, 2.45) is 5.10 Å². The van der Waals surface area contributed by atoms with Crippen LogP contribution in [0, 0.1) is 0 Å². The van der Waals surface area contributed by atoms with E-state index in [9.17, 15) is 14.4 Å². The molecular weight excluding hydrogens is 592 g/mol. The summed E-state index contributed by atoms with van der Waals surface area (Å²) in [5, 5.41) is 8.53. The second-order valence-electron chi connectivity index (χ2n) is 10.6. The molecule has 0 unspecified atom stereocenters. The van der Waals surface area contributed by atoms with Crippen LogP contribution in [0.3, 0.4) is 0 Å². The smallest absolute Gasteiger partial charge is 0.344 e. The molecular formula is C38H34N4O5. The number of anilines is 1. The molecule has 0 aliphatic carbocycles. The van der Waals surface area contributed by atoms with Crippen LogP contribution < -0.4 is 25.1 Å². The molecule has 0 saturated carbocycles. The predicted octanol–water partition coefficient (Wildman–Crippen LogP) is 6.44. The van der Waals surface area contributed by atoms with Gasteiger partial charge in [-0.25, -0.2) is 10.2 Å². The molecule has 9 heteroatoms. The number of nitrogens with one attached hydrogen (secondary N) is 2. The van der Waals surface area contributed by atoms with Crippen molar-refractivity contribution in [2.75, 3.05) is 25.6 Å². The number of carbonyl (C=O) groups excluding carboxylic acids is 3. The maximum absolute atomic E-state index is 13.3. The fourth-order valence-corrected chi connectivity index (χ4v) is 4.72. The highest BCUT2D eigenvalue weighted by atomic mass is 16.6. The van der Waals surface area contributed by atoms with Crippen molar-refractivity contribution in [1.82, 2.24) is 10.7 Å². The standard InChI is InChI=1S/C38H34N4O5/c1-4-46-35-24-27(19-22-34(35)47-38(45)32-16-10-14-28-11-8-9-15-31(28)32)25-39-41-37(44)33(40-36(43)29-12-6-5-7-13-29)23-26-17-20-30(21-18-26)42(2)3/h5-25H,4H2,1-3H3,(H,40,43)(H,41,44)/b33-23-,39-25-. The molecule has 2 amide bonds. The van der Waals surface area contributed by atoms with Crippen molar-refractivity contribution in [1.29, 1.82) is 0 Å². The first kappa shape index (κ1) is 32.2. The van der Waals surface area contributed by atoms with Crippen molar-refractivity contribution in [3.8, 4) is 11.5 Å². The fourth-order valence-electron chi connectivity index (χ4n) is 4.72. The molecule has 5 aromatic rings. The van der Waals surface area contributed by atoms with E-state index in [2.05, 4.69) is 15.8 Å². The highest BCUT2D eigenvalue weighted by molar-refractivity contribution is 6.06. The molecule has 0 bridgehead atoms. The first-order valence-electron chi connectivity index (χ1n) is 15.0. The molecule has 0 saturated heterocycles. The maximum Gasteiger partial charge on any atom is 0.344 e. The van der Waals surface area contributed by atoms with Crippen LogP contribution in [0.2, 0.25) is 0 Å². The highest BCUT2D eigenvalue weighted by Crippen LogP contribution is 2.30. The Morgan fingerprint density at radius 2 is 1.49 bits per heavy atom. The quantitative estimate of drug-likeness (QED) is 0.0574. The zero-order chi connectivity index (χ0) is 33.2. The first-order chi connectivity index (χ1) is 22.8. The summed E-state index contributed by atoms with van der Waals surface area (Å²) in [5.41, 5.74) is 5.64. The average molecular weight is 627 g/mol. The number of ether oxygens (including phenoxy) is 2. The summed E-state index contributed by atoms with van der Waals surface area (Å²) in [6, 6.07) is 34.2. The second-order valence-corrected chi connectivity index (χ2v) is 10.6. The van der Waals surface area contributed by atoms with Gasteiger partial charge < -0.3 is 19.7 Å². The number of benzene rings is 5. The molecule has 47 heavy (non-hydrogen) atoms. The van der Waals surface area contributed by atoms with Gasteiger partial charge in [0.1, 0.15) is 5.70 Å². The van der Waals surface area contributed by atoms with Crippen LogP contribution in [-0.2, 0) is 4.79 Å². The molecule has 5 rings (SSSR count). The molecule has 0 aliphatic rings. The number of hydrogen-bond acceptors (Lipinski definition) is 7. The lowest BCUT2D eigenvalue weighted by molar-refractivity contribution is -0.117. The summed E-state index contributed by atoms with van der Waals surface area (Å²) < 4.78 is 11.5. The maximum atomic E-state index is 13.3. The largest absolute Gasteiger partial charge is 0.490 e. The molecule has 0 aromatic heterocycles. The highest BCUT2D eigenvalue weighted by Gasteiger charge is 2.17. The van der Waals surface area contributed by atoms with Gasteiger partial charge in [-0.2, -0.15) is 5.10 Å². The summed E-state index contributed by atoms with van der Waals surface area (Å²) in [6.45, 7) is 2.16. The van der Waals surface area contributed by atoms with Crippen LogP contribution in [-0.4, -0.2) is 44.7 Å². The Labute approximate surface area is 273 Å². The van der Waals surface area contributed by atoms with Gasteiger partial charge in [-0.1, -0.05) is 66.7 Å². The van der Waals surface area contributed by atoms with E-state index >= 15 is 0 Å². The van der Waals surface area contributed by atoms with E-state index in [0.29, 0.717) is 34.6 Å². The summed E-state index contributed by atoms with van der Waals surface area (Å²) in [4.78, 5) is 41.3. The minimum absolute atomic E-state index is 0.0132. The van der Waals surface area contributed by atoms with E-state index in [1.54, 1.807) is 60.7 Å². The lowest BCUT2D eigenvalue weighted by Crippen LogP contribution is -2.32. The summed E-state index contributed by atoms with van der Waals surface area (Å²) >= 11 is 0. The Balaban J connectivity index is 1.32. The van der Waals surface area contributed by atoms with Crippen LogP contribution in [0.4, 0.5) is 5.69 Å². The third-order valence-electron chi connectivity index (χ3n) is 7.11. The van der Waals surface area contributed by atoms with E-state index in [1.165, 1.54) is 6.21 Å². The van der Waals surface area contributed by atoms with Gasteiger partial charge in [-0.05, 0) is 83.4 Å². The third kappa shape index (κ3) is 8.29. The van der Waals surface area contributed by atoms with Gasteiger partial charge in [-0.3, -0.25) is 9.59 Å². The van der Waals surface area contributed by atoms with E-state index in [4.69, 9.17) is 9.47 Å². The van der Waals surface area contributed by atoms with Crippen molar-refractivity contribution in [3.05, 3.63) is 143 Å². The van der Waals surface area contributed by atoms with Gasteiger partial charge in [0.2, 0.25) is 0 Å². The molecule has 2 N–H and O–H groups in total. The molecule has 236 valence electrons. The lowest BCUT2D eigenvalue weighted by Gasteiger charge is -2.13. The Morgan fingerprint density at radius 1 is 0.787 bits per heavy atom. The number of hydrazone groups is 1. The van der Waals surface area contributed by atoms with E-state index in [-0.39, 0.29) is 11.4 Å². The number of carbonyl (C=O) groups is 3. The third-order valence-corrected chi connectivity index (χ3v) is 7.11. The van der Waals surface area contributed by atoms with Gasteiger partial charge in [0, 0.05) is 25.3 Å². The minimum atomic E-state index is -0.618. The van der Waals surface area contributed by atoms with Gasteiger partial charge >= 0.3 is 5.97 Å². The Morgan fingerprint density at radius 3 is 2.23 bits per heavy atom. The molecule has 0 heterocycles. The Bertz CT molecular complexity index is 1950. The molecule has 9 nitrogen and oxygen atoms in total. The lowest BCUT2D eigenvalue weighted by atomic mass is 10.0. The van der Waals surface area contributed by atoms with Crippen LogP contribution in [0.5, 0.6) is 11.5 Å². The van der Waals surface area contributed by atoms with Crippen molar-refractivity contribution < 1.29 is 23.9 Å². The number of rotatable bonds is 11. The van der Waals surface area contributed by atoms with Crippen molar-refractivity contribution in [2.45, 2.75) is 6.92 Å². The van der Waals surface area contributed by atoms with Crippen molar-refractivity contribution in [3.63, 3.8) is 0 Å². The monoisotopic (exact) mass is 626 g/mol. The summed E-state index contributed by atoms with van der Waals surface area (Å²) in [6.07, 6.45) is 3.01. The predicted molar refractivity (Wildman–Crippen MR) is 185 cm³/mol. The Kier molecular flexibility index (Phi) is 10.4. The second kappa shape index (κ2) is 15.2. The summed E-state index contributed by atoms with van der Waals surface area (Å²) in [5.74, 6) is -0.971. The van der Waals surface area contributed by atoms with E-state index in [1.807, 2.05) is 86.6 Å². The molecule has 0 radical (unpaired) electrons. The number of fused-ring (bicyclic) bond motifs is 1. The van der Waals surface area contributed by atoms with Crippen LogP contribution in [0.25, 0.3) is 16.8 Å². The van der Waals surface area contributed by atoms with E-state index in [0.717, 1.165) is 16.5 Å². The molecule has 0 fully saturated rings. The molecule has 0 atom stereocenters.